The Morgan fingerprint density at radius 1 is 1.03 bits per heavy atom. The Morgan fingerprint density at radius 3 is 2.35 bits per heavy atom. The van der Waals surface area contributed by atoms with Crippen molar-refractivity contribution in [2.24, 2.45) is 11.8 Å². The molecule has 1 unspecified atom stereocenters. The first-order chi connectivity index (χ1) is 15.0. The molecule has 0 bridgehead atoms. The third-order valence-corrected chi connectivity index (χ3v) is 7.85. The predicted octanol–water partition coefficient (Wildman–Crippen LogP) is 4.75. The van der Waals surface area contributed by atoms with Crippen molar-refractivity contribution in [3.05, 3.63) is 29.8 Å². The normalized spacial score (nSPS) is 27.5. The van der Waals surface area contributed by atoms with Crippen LogP contribution < -0.4 is 4.90 Å². The fourth-order valence-electron chi connectivity index (χ4n) is 6.02. The van der Waals surface area contributed by atoms with Crippen molar-refractivity contribution < 1.29 is 14.3 Å². The first kappa shape index (κ1) is 22.3. The van der Waals surface area contributed by atoms with Gasteiger partial charge in [0.05, 0.1) is 18.9 Å². The molecule has 31 heavy (non-hydrogen) atoms. The molecule has 5 nitrogen and oxygen atoms in total. The molecule has 0 spiro atoms. The molecule has 1 atom stereocenters. The van der Waals surface area contributed by atoms with Crippen molar-refractivity contribution in [1.29, 1.82) is 0 Å². The van der Waals surface area contributed by atoms with Crippen molar-refractivity contribution in [3.8, 4) is 0 Å². The average Bonchev–Trinajstić information content (AvgIpc) is 3.05. The molecule has 1 amide bonds. The number of fused-ring (bicyclic) bond motifs is 1. The van der Waals surface area contributed by atoms with E-state index in [1.807, 2.05) is 29.2 Å². The summed E-state index contributed by atoms with van der Waals surface area (Å²) in [5.41, 5.74) is 1.98. The molecule has 0 aromatic heterocycles. The number of benzene rings is 1. The van der Waals surface area contributed by atoms with Gasteiger partial charge in [-0.1, -0.05) is 32.0 Å². The number of piperidine rings is 1. The van der Waals surface area contributed by atoms with Gasteiger partial charge < -0.3 is 14.5 Å². The smallest absolute Gasteiger partial charge is 0.306 e. The van der Waals surface area contributed by atoms with Crippen LogP contribution in [0.2, 0.25) is 0 Å². The minimum absolute atomic E-state index is 0.0742. The minimum Gasteiger partial charge on any atom is -0.466 e. The Labute approximate surface area is 187 Å². The highest BCUT2D eigenvalue weighted by Gasteiger charge is 2.43. The van der Waals surface area contributed by atoms with E-state index in [2.05, 4.69) is 18.7 Å². The molecule has 5 heteroatoms. The summed E-state index contributed by atoms with van der Waals surface area (Å²) in [6, 6.07) is 8.94. The van der Waals surface area contributed by atoms with Crippen LogP contribution in [0.4, 0.5) is 5.69 Å². The Hall–Kier alpha value is -1.88. The van der Waals surface area contributed by atoms with Crippen molar-refractivity contribution in [1.82, 2.24) is 4.90 Å². The van der Waals surface area contributed by atoms with Crippen molar-refractivity contribution >= 4 is 17.6 Å². The Balaban J connectivity index is 1.39. The summed E-state index contributed by atoms with van der Waals surface area (Å²) in [5.74, 6) is 1.08. The fraction of sp³-hybridized carbons (Fsp3) is 0.692. The third kappa shape index (κ3) is 4.67. The molecule has 3 aliphatic rings. The largest absolute Gasteiger partial charge is 0.466 e. The second-order valence-corrected chi connectivity index (χ2v) is 9.91. The molecule has 0 N–H and O–H groups in total. The van der Waals surface area contributed by atoms with Crippen LogP contribution in [0.3, 0.4) is 0 Å². The maximum absolute atomic E-state index is 13.4. The lowest BCUT2D eigenvalue weighted by Gasteiger charge is -2.43. The van der Waals surface area contributed by atoms with E-state index in [0.29, 0.717) is 12.6 Å². The molecule has 4 rings (SSSR count). The Kier molecular flexibility index (Phi) is 7.00. The van der Waals surface area contributed by atoms with Gasteiger partial charge in [-0.05, 0) is 68.9 Å². The zero-order chi connectivity index (χ0) is 22.0. The minimum atomic E-state index is -0.403. The molecule has 2 heterocycles. The lowest BCUT2D eigenvalue weighted by molar-refractivity contribution is -0.144. The van der Waals surface area contributed by atoms with Gasteiger partial charge in [0.2, 0.25) is 5.91 Å². The number of carbonyl (C=O) groups excluding carboxylic acids is 2. The van der Waals surface area contributed by atoms with E-state index in [1.165, 1.54) is 25.7 Å². The van der Waals surface area contributed by atoms with Crippen LogP contribution in [0.25, 0.3) is 0 Å². The van der Waals surface area contributed by atoms with Gasteiger partial charge in [0, 0.05) is 30.9 Å². The third-order valence-electron chi connectivity index (χ3n) is 7.85. The van der Waals surface area contributed by atoms with Crippen molar-refractivity contribution in [2.75, 3.05) is 24.6 Å². The molecule has 0 radical (unpaired) electrons. The van der Waals surface area contributed by atoms with Crippen molar-refractivity contribution in [2.45, 2.75) is 83.7 Å². The Bertz CT molecular complexity index is 777. The summed E-state index contributed by atoms with van der Waals surface area (Å²) in [5, 5.41) is 0. The zero-order valence-corrected chi connectivity index (χ0v) is 19.4. The summed E-state index contributed by atoms with van der Waals surface area (Å²) in [6.07, 6.45) is 7.51. The van der Waals surface area contributed by atoms with Crippen LogP contribution in [-0.4, -0.2) is 48.6 Å². The van der Waals surface area contributed by atoms with Crippen LogP contribution in [0.15, 0.2) is 24.3 Å². The predicted molar refractivity (Wildman–Crippen MR) is 123 cm³/mol. The second-order valence-electron chi connectivity index (χ2n) is 9.91. The monoisotopic (exact) mass is 426 g/mol. The van der Waals surface area contributed by atoms with E-state index in [1.54, 1.807) is 6.92 Å². The lowest BCUT2D eigenvalue weighted by atomic mass is 9.79. The average molecular weight is 427 g/mol. The SMILES string of the molecule is CCOC(=O)CC1C(=O)N(C2CCN([C@H]3CC[C@@H](C(C)C)CC3)CC2)c2ccccc21. The number of para-hydroxylation sites is 1. The first-order valence-electron chi connectivity index (χ1n) is 12.3. The molecular weight excluding hydrogens is 388 g/mol. The highest BCUT2D eigenvalue weighted by molar-refractivity contribution is 6.06. The van der Waals surface area contributed by atoms with Gasteiger partial charge >= 0.3 is 5.97 Å². The summed E-state index contributed by atoms with van der Waals surface area (Å²) in [7, 11) is 0. The Morgan fingerprint density at radius 2 is 1.71 bits per heavy atom. The fourth-order valence-corrected chi connectivity index (χ4v) is 6.02. The van der Waals surface area contributed by atoms with Crippen LogP contribution in [0.1, 0.15) is 77.2 Å². The van der Waals surface area contributed by atoms with E-state index < -0.39 is 5.92 Å². The first-order valence-corrected chi connectivity index (χ1v) is 12.3. The zero-order valence-electron chi connectivity index (χ0n) is 19.4. The van der Waals surface area contributed by atoms with Crippen molar-refractivity contribution in [3.63, 3.8) is 0 Å². The number of esters is 1. The highest BCUT2D eigenvalue weighted by atomic mass is 16.5. The van der Waals surface area contributed by atoms with Crippen LogP contribution in [0, 0.1) is 11.8 Å². The number of anilines is 1. The molecular formula is C26H38N2O3. The van der Waals surface area contributed by atoms with Crippen LogP contribution in [-0.2, 0) is 14.3 Å². The van der Waals surface area contributed by atoms with Gasteiger partial charge in [-0.25, -0.2) is 0 Å². The van der Waals surface area contributed by atoms with Gasteiger partial charge in [0.25, 0.3) is 0 Å². The number of nitrogens with zero attached hydrogens (tertiary/aromatic N) is 2. The number of amides is 1. The van der Waals surface area contributed by atoms with E-state index in [-0.39, 0.29) is 24.3 Å². The van der Waals surface area contributed by atoms with Gasteiger partial charge in [-0.3, -0.25) is 9.59 Å². The highest BCUT2D eigenvalue weighted by Crippen LogP contribution is 2.42. The molecule has 2 fully saturated rings. The molecule has 1 aliphatic carbocycles. The summed E-state index contributed by atoms with van der Waals surface area (Å²) >= 11 is 0. The standard InChI is InChI=1S/C26H38N2O3/c1-4-31-25(29)17-23-22-7-5-6-8-24(22)28(26(23)30)21-13-15-27(16-14-21)20-11-9-19(10-12-20)18(2)3/h5-8,18-21,23H,4,9-17H2,1-3H3/t19-,20+,23?. The van der Waals surface area contributed by atoms with E-state index >= 15 is 0 Å². The van der Waals surface area contributed by atoms with E-state index in [0.717, 1.165) is 49.0 Å². The van der Waals surface area contributed by atoms with Gasteiger partial charge in [0.15, 0.2) is 0 Å². The summed E-state index contributed by atoms with van der Waals surface area (Å²) < 4.78 is 5.13. The van der Waals surface area contributed by atoms with E-state index in [9.17, 15) is 9.59 Å². The maximum Gasteiger partial charge on any atom is 0.306 e. The molecule has 1 aromatic carbocycles. The molecule has 1 saturated carbocycles. The number of hydrogen-bond donors (Lipinski definition) is 0. The number of hydrogen-bond acceptors (Lipinski definition) is 4. The molecule has 170 valence electrons. The van der Waals surface area contributed by atoms with Gasteiger partial charge in [-0.2, -0.15) is 0 Å². The number of rotatable bonds is 6. The molecule has 2 aliphatic heterocycles. The van der Waals surface area contributed by atoms with Gasteiger partial charge in [-0.15, -0.1) is 0 Å². The van der Waals surface area contributed by atoms with Crippen LogP contribution >= 0.6 is 0 Å². The number of likely N-dealkylation sites (tertiary alicyclic amines) is 1. The quantitative estimate of drug-likeness (QED) is 0.616. The van der Waals surface area contributed by atoms with Gasteiger partial charge in [0.1, 0.15) is 0 Å². The second kappa shape index (κ2) is 9.72. The summed E-state index contributed by atoms with van der Waals surface area (Å²) in [6.45, 7) is 9.00. The summed E-state index contributed by atoms with van der Waals surface area (Å²) in [4.78, 5) is 30.2. The maximum atomic E-state index is 13.4. The topological polar surface area (TPSA) is 49.9 Å². The number of ether oxygens (including phenoxy) is 1. The lowest BCUT2D eigenvalue weighted by Crippen LogP contribution is -2.50. The molecule has 1 saturated heterocycles. The van der Waals surface area contributed by atoms with E-state index in [4.69, 9.17) is 4.74 Å². The van der Waals surface area contributed by atoms with Crippen LogP contribution in [0.5, 0.6) is 0 Å². The molecule has 1 aromatic rings. The number of carbonyl (C=O) groups is 2.